The first kappa shape index (κ1) is 13.5. The zero-order valence-corrected chi connectivity index (χ0v) is 9.61. The van der Waals surface area contributed by atoms with E-state index in [0.29, 0.717) is 6.42 Å². The summed E-state index contributed by atoms with van der Waals surface area (Å²) in [4.78, 5) is 0.983. The molecule has 2 atom stereocenters. The second-order valence-corrected chi connectivity index (χ2v) is 4.42. The van der Waals surface area contributed by atoms with Crippen LogP contribution in [0.15, 0.2) is 17.5 Å². The van der Waals surface area contributed by atoms with Gasteiger partial charge in [-0.25, -0.2) is 0 Å². The molecule has 0 spiro atoms. The lowest BCUT2D eigenvalue weighted by Gasteiger charge is -2.20. The molecule has 0 amide bonds. The maximum Gasteiger partial charge on any atom is 0.415 e. The topological polar surface area (TPSA) is 32.3 Å². The molecular formula is C10H14F3NOS. The third kappa shape index (κ3) is 3.77. The lowest BCUT2D eigenvalue weighted by molar-refractivity contribution is -0.202. The van der Waals surface area contributed by atoms with Crippen molar-refractivity contribution in [3.63, 3.8) is 0 Å². The van der Waals surface area contributed by atoms with Gasteiger partial charge in [0.05, 0.1) is 0 Å². The van der Waals surface area contributed by atoms with Gasteiger partial charge in [-0.2, -0.15) is 13.2 Å². The van der Waals surface area contributed by atoms with Gasteiger partial charge in [-0.1, -0.05) is 13.0 Å². The van der Waals surface area contributed by atoms with Crippen molar-refractivity contribution in [2.24, 2.45) is 0 Å². The van der Waals surface area contributed by atoms with Crippen LogP contribution in [-0.4, -0.2) is 23.9 Å². The van der Waals surface area contributed by atoms with E-state index in [9.17, 15) is 13.2 Å². The molecule has 1 rings (SSSR count). The molecule has 0 saturated heterocycles. The van der Waals surface area contributed by atoms with Crippen LogP contribution in [0.1, 0.15) is 24.3 Å². The Balaban J connectivity index is 2.47. The number of aliphatic hydroxyl groups is 1. The number of thiophene rings is 1. The van der Waals surface area contributed by atoms with E-state index in [4.69, 9.17) is 5.11 Å². The quantitative estimate of drug-likeness (QED) is 0.845. The van der Waals surface area contributed by atoms with Crippen molar-refractivity contribution in [3.8, 4) is 0 Å². The zero-order chi connectivity index (χ0) is 12.2. The Morgan fingerprint density at radius 2 is 2.19 bits per heavy atom. The van der Waals surface area contributed by atoms with Crippen LogP contribution in [0.2, 0.25) is 0 Å². The standard InChI is InChI=1S/C10H14F3NOS/c1-2-7(8-4-3-5-16-8)14-6-9(15)10(11,12)13/h3-5,7,9,14-15H,2,6H2,1H3. The van der Waals surface area contributed by atoms with E-state index in [1.165, 1.54) is 11.3 Å². The third-order valence-electron chi connectivity index (χ3n) is 2.23. The van der Waals surface area contributed by atoms with Crippen LogP contribution in [0.25, 0.3) is 0 Å². The lowest BCUT2D eigenvalue weighted by atomic mass is 10.2. The highest BCUT2D eigenvalue weighted by molar-refractivity contribution is 7.10. The smallest absolute Gasteiger partial charge is 0.382 e. The molecule has 6 heteroatoms. The Labute approximate surface area is 96.1 Å². The molecule has 0 aliphatic heterocycles. The van der Waals surface area contributed by atoms with Gasteiger partial charge in [0.1, 0.15) is 0 Å². The first-order chi connectivity index (χ1) is 7.45. The minimum absolute atomic E-state index is 0.128. The summed E-state index contributed by atoms with van der Waals surface area (Å²) < 4.78 is 36.2. The summed E-state index contributed by atoms with van der Waals surface area (Å²) in [5.41, 5.74) is 0. The highest BCUT2D eigenvalue weighted by atomic mass is 32.1. The summed E-state index contributed by atoms with van der Waals surface area (Å²) in [6.07, 6.45) is -6.17. The molecule has 0 aliphatic carbocycles. The van der Waals surface area contributed by atoms with Gasteiger partial charge < -0.3 is 10.4 Å². The normalized spacial score (nSPS) is 16.1. The van der Waals surface area contributed by atoms with Crippen LogP contribution in [0.5, 0.6) is 0 Å². The SMILES string of the molecule is CCC(NCC(O)C(F)(F)F)c1cccs1. The van der Waals surface area contributed by atoms with E-state index in [1.807, 2.05) is 24.4 Å². The van der Waals surface area contributed by atoms with Crippen molar-refractivity contribution in [2.75, 3.05) is 6.54 Å². The van der Waals surface area contributed by atoms with Crippen LogP contribution >= 0.6 is 11.3 Å². The predicted molar refractivity (Wildman–Crippen MR) is 57.4 cm³/mol. The number of rotatable bonds is 5. The summed E-state index contributed by atoms with van der Waals surface area (Å²) in [5, 5.41) is 13.4. The molecule has 16 heavy (non-hydrogen) atoms. The van der Waals surface area contributed by atoms with Gasteiger partial charge in [0.2, 0.25) is 0 Å². The van der Waals surface area contributed by atoms with Crippen LogP contribution < -0.4 is 5.32 Å². The number of halogens is 3. The molecule has 92 valence electrons. The average Bonchev–Trinajstić information content (AvgIpc) is 2.70. The molecule has 1 aromatic heterocycles. The van der Waals surface area contributed by atoms with Gasteiger partial charge in [-0.3, -0.25) is 0 Å². The Morgan fingerprint density at radius 3 is 2.62 bits per heavy atom. The summed E-state index contributed by atoms with van der Waals surface area (Å²) in [6, 6.07) is 3.59. The largest absolute Gasteiger partial charge is 0.415 e. The minimum atomic E-state index is -4.55. The van der Waals surface area contributed by atoms with Crippen molar-refractivity contribution >= 4 is 11.3 Å². The number of hydrogen-bond acceptors (Lipinski definition) is 3. The van der Waals surface area contributed by atoms with E-state index in [-0.39, 0.29) is 6.04 Å². The van der Waals surface area contributed by atoms with Crippen LogP contribution in [-0.2, 0) is 0 Å². The molecule has 2 N–H and O–H groups in total. The number of hydrogen-bond donors (Lipinski definition) is 2. The molecular weight excluding hydrogens is 239 g/mol. The van der Waals surface area contributed by atoms with Gasteiger partial charge in [0, 0.05) is 17.5 Å². The van der Waals surface area contributed by atoms with Gasteiger partial charge in [0.25, 0.3) is 0 Å². The fourth-order valence-electron chi connectivity index (χ4n) is 1.31. The van der Waals surface area contributed by atoms with Crippen LogP contribution in [0.4, 0.5) is 13.2 Å². The number of alkyl halides is 3. The molecule has 0 saturated carbocycles. The van der Waals surface area contributed by atoms with Crippen molar-refractivity contribution in [1.82, 2.24) is 5.32 Å². The van der Waals surface area contributed by atoms with Crippen molar-refractivity contribution in [3.05, 3.63) is 22.4 Å². The summed E-state index contributed by atoms with van der Waals surface area (Å²) >= 11 is 1.49. The zero-order valence-electron chi connectivity index (χ0n) is 8.79. The van der Waals surface area contributed by atoms with Crippen LogP contribution in [0, 0.1) is 0 Å². The van der Waals surface area contributed by atoms with Gasteiger partial charge in [-0.15, -0.1) is 11.3 Å². The lowest BCUT2D eigenvalue weighted by Crippen LogP contribution is -2.39. The molecule has 0 radical (unpaired) electrons. The number of nitrogens with one attached hydrogen (secondary N) is 1. The number of aliphatic hydroxyl groups excluding tert-OH is 1. The van der Waals surface area contributed by atoms with E-state index in [1.54, 1.807) is 0 Å². The fraction of sp³-hybridized carbons (Fsp3) is 0.600. The second-order valence-electron chi connectivity index (χ2n) is 3.44. The predicted octanol–water partition coefficient (Wildman–Crippen LogP) is 2.71. The van der Waals surface area contributed by atoms with E-state index >= 15 is 0 Å². The Hall–Kier alpha value is -0.590. The summed E-state index contributed by atoms with van der Waals surface area (Å²) in [6.45, 7) is 1.41. The van der Waals surface area contributed by atoms with Gasteiger partial charge in [-0.05, 0) is 17.9 Å². The molecule has 0 aromatic carbocycles. The first-order valence-corrected chi connectivity index (χ1v) is 5.84. The van der Waals surface area contributed by atoms with Gasteiger partial charge >= 0.3 is 6.18 Å². The first-order valence-electron chi connectivity index (χ1n) is 4.96. The van der Waals surface area contributed by atoms with Gasteiger partial charge in [0.15, 0.2) is 6.10 Å². The highest BCUT2D eigenvalue weighted by Gasteiger charge is 2.38. The minimum Gasteiger partial charge on any atom is -0.382 e. The Bertz CT molecular complexity index is 300. The van der Waals surface area contributed by atoms with Crippen molar-refractivity contribution in [1.29, 1.82) is 0 Å². The monoisotopic (exact) mass is 253 g/mol. The molecule has 2 nitrogen and oxygen atoms in total. The molecule has 2 unspecified atom stereocenters. The van der Waals surface area contributed by atoms with E-state index < -0.39 is 18.8 Å². The maximum atomic E-state index is 12.1. The average molecular weight is 253 g/mol. The van der Waals surface area contributed by atoms with E-state index in [0.717, 1.165) is 4.88 Å². The molecule has 1 aromatic rings. The molecule has 0 bridgehead atoms. The molecule has 0 aliphatic rings. The Morgan fingerprint density at radius 1 is 1.50 bits per heavy atom. The Kier molecular flexibility index (Phi) is 4.76. The van der Waals surface area contributed by atoms with Crippen LogP contribution in [0.3, 0.4) is 0 Å². The van der Waals surface area contributed by atoms with E-state index in [2.05, 4.69) is 5.32 Å². The maximum absolute atomic E-state index is 12.1. The molecule has 0 fully saturated rings. The van der Waals surface area contributed by atoms with Crippen molar-refractivity contribution in [2.45, 2.75) is 31.7 Å². The van der Waals surface area contributed by atoms with Crippen molar-refractivity contribution < 1.29 is 18.3 Å². The third-order valence-corrected chi connectivity index (χ3v) is 3.22. The second kappa shape index (κ2) is 5.65. The fourth-order valence-corrected chi connectivity index (χ4v) is 2.19. The highest BCUT2D eigenvalue weighted by Crippen LogP contribution is 2.23. The summed E-state index contributed by atoms with van der Waals surface area (Å²) in [5.74, 6) is 0. The summed E-state index contributed by atoms with van der Waals surface area (Å²) in [7, 11) is 0. The molecule has 1 heterocycles.